The number of rotatable bonds is 26. The van der Waals surface area contributed by atoms with Crippen LogP contribution in [0.5, 0.6) is 11.5 Å². The fraction of sp³-hybridized carbons (Fsp3) is 0.667. The fourth-order valence-electron chi connectivity index (χ4n) is 5.28. The summed E-state index contributed by atoms with van der Waals surface area (Å²) in [5.41, 5.74) is 2.73. The van der Waals surface area contributed by atoms with E-state index in [0.717, 1.165) is 50.8 Å². The molecule has 2 aromatic carbocycles. The van der Waals surface area contributed by atoms with Gasteiger partial charge < -0.3 is 14.2 Å². The quantitative estimate of drug-likeness (QED) is 0.111. The molecule has 0 unspecified atom stereocenters. The number of aryl methyl sites for hydroxylation is 2. The van der Waals surface area contributed by atoms with E-state index in [1.807, 2.05) is 0 Å². The molecule has 0 amide bonds. The van der Waals surface area contributed by atoms with Crippen LogP contribution in [-0.2, 0) is 17.6 Å². The molecule has 2 rings (SSSR count). The van der Waals surface area contributed by atoms with Crippen LogP contribution in [0.25, 0.3) is 0 Å². The summed E-state index contributed by atoms with van der Waals surface area (Å²) in [6, 6.07) is 17.0. The lowest BCUT2D eigenvalue weighted by atomic mass is 10.0. The van der Waals surface area contributed by atoms with Gasteiger partial charge in [0.25, 0.3) is 0 Å². The van der Waals surface area contributed by atoms with Gasteiger partial charge in [0.2, 0.25) is 0 Å². The van der Waals surface area contributed by atoms with Gasteiger partial charge in [-0.1, -0.05) is 113 Å². The first-order valence-corrected chi connectivity index (χ1v) is 16.3. The molecule has 0 saturated carbocycles. The lowest BCUT2D eigenvalue weighted by Gasteiger charge is -2.09. The van der Waals surface area contributed by atoms with Crippen molar-refractivity contribution in [3.8, 4) is 11.5 Å². The van der Waals surface area contributed by atoms with E-state index in [0.29, 0.717) is 0 Å². The highest BCUT2D eigenvalue weighted by Crippen LogP contribution is 2.22. The molecular weight excluding hydrogens is 480 g/mol. The van der Waals surface area contributed by atoms with Gasteiger partial charge in [-0.3, -0.25) is 0 Å². The first-order chi connectivity index (χ1) is 19.3. The van der Waals surface area contributed by atoms with Gasteiger partial charge in [-0.05, 0) is 75.6 Å². The van der Waals surface area contributed by atoms with Gasteiger partial charge in [-0.2, -0.15) is 0 Å². The monoisotopic (exact) mass is 538 g/mol. The molecule has 0 atom stereocenters. The molecule has 39 heavy (non-hydrogen) atoms. The van der Waals surface area contributed by atoms with Crippen molar-refractivity contribution in [1.82, 2.24) is 0 Å². The van der Waals surface area contributed by atoms with Crippen molar-refractivity contribution < 1.29 is 14.2 Å². The van der Waals surface area contributed by atoms with E-state index >= 15 is 0 Å². The first-order valence-electron chi connectivity index (χ1n) is 16.3. The zero-order chi connectivity index (χ0) is 27.6. The largest absolute Gasteiger partial charge is 0.494 e. The van der Waals surface area contributed by atoms with Crippen molar-refractivity contribution in [1.29, 1.82) is 0 Å². The van der Waals surface area contributed by atoms with Crippen LogP contribution in [-0.4, -0.2) is 26.4 Å². The summed E-state index contributed by atoms with van der Waals surface area (Å²) >= 11 is 0. The van der Waals surface area contributed by atoms with Gasteiger partial charge in [0.1, 0.15) is 11.5 Å². The second-order valence-corrected chi connectivity index (χ2v) is 10.9. The molecule has 0 bridgehead atoms. The van der Waals surface area contributed by atoms with Crippen LogP contribution in [0.1, 0.15) is 128 Å². The van der Waals surface area contributed by atoms with Crippen LogP contribution in [0.4, 0.5) is 0 Å². The second kappa shape index (κ2) is 23.9. The number of para-hydroxylation sites is 2. The smallest absolute Gasteiger partial charge is 0.122 e. The number of benzene rings is 2. The Morgan fingerprint density at radius 1 is 0.410 bits per heavy atom. The third-order valence-corrected chi connectivity index (χ3v) is 7.51. The Bertz CT molecular complexity index is 751. The van der Waals surface area contributed by atoms with E-state index in [1.54, 1.807) is 0 Å². The minimum absolute atomic E-state index is 0.746. The summed E-state index contributed by atoms with van der Waals surface area (Å²) in [6.45, 7) is 7.50. The SMILES string of the molecule is CCOc1ccccc1CCCCCCCCCCOCCCCCCCCCCc1ccccc1OCC. The summed E-state index contributed by atoms with van der Waals surface area (Å²) in [6.07, 6.45) is 23.5. The Balaban J connectivity index is 1.27. The lowest BCUT2D eigenvalue weighted by Crippen LogP contribution is -1.97. The molecule has 0 aliphatic heterocycles. The van der Waals surface area contributed by atoms with Gasteiger partial charge in [0, 0.05) is 13.2 Å². The summed E-state index contributed by atoms with van der Waals surface area (Å²) in [5.74, 6) is 2.14. The molecule has 2 aromatic rings. The summed E-state index contributed by atoms with van der Waals surface area (Å²) in [5, 5.41) is 0. The van der Waals surface area contributed by atoms with Gasteiger partial charge >= 0.3 is 0 Å². The molecule has 0 heterocycles. The zero-order valence-electron chi connectivity index (χ0n) is 25.4. The van der Waals surface area contributed by atoms with Crippen molar-refractivity contribution in [2.45, 2.75) is 129 Å². The number of hydrogen-bond donors (Lipinski definition) is 0. The van der Waals surface area contributed by atoms with Crippen molar-refractivity contribution in [3.63, 3.8) is 0 Å². The standard InChI is InChI=1S/C36H58O3/c1-3-38-35-29-21-19-27-33(35)25-17-13-9-5-7-11-15-23-31-37-32-24-16-12-8-6-10-14-18-26-34-28-20-22-30-36(34)39-4-2/h19-22,27-30H,3-18,23-26,31-32H2,1-2H3. The molecule has 0 aliphatic rings. The predicted molar refractivity (Wildman–Crippen MR) is 167 cm³/mol. The second-order valence-electron chi connectivity index (χ2n) is 10.9. The van der Waals surface area contributed by atoms with E-state index in [4.69, 9.17) is 14.2 Å². The zero-order valence-corrected chi connectivity index (χ0v) is 25.4. The molecule has 3 nitrogen and oxygen atoms in total. The maximum absolute atomic E-state index is 5.87. The molecule has 0 N–H and O–H groups in total. The van der Waals surface area contributed by atoms with E-state index in [1.165, 1.54) is 114 Å². The molecule has 0 saturated heterocycles. The van der Waals surface area contributed by atoms with Crippen molar-refractivity contribution in [2.24, 2.45) is 0 Å². The molecule has 0 fully saturated rings. The Morgan fingerprint density at radius 2 is 0.744 bits per heavy atom. The number of ether oxygens (including phenoxy) is 3. The average Bonchev–Trinajstić information content (AvgIpc) is 2.96. The van der Waals surface area contributed by atoms with Crippen molar-refractivity contribution in [2.75, 3.05) is 26.4 Å². The average molecular weight is 539 g/mol. The molecule has 0 aliphatic carbocycles. The topological polar surface area (TPSA) is 27.7 Å². The minimum Gasteiger partial charge on any atom is -0.494 e. The highest BCUT2D eigenvalue weighted by atomic mass is 16.5. The predicted octanol–water partition coefficient (Wildman–Crippen LogP) is 10.5. The van der Waals surface area contributed by atoms with Crippen LogP contribution < -0.4 is 9.47 Å². The molecular formula is C36H58O3. The highest BCUT2D eigenvalue weighted by molar-refractivity contribution is 5.34. The lowest BCUT2D eigenvalue weighted by molar-refractivity contribution is 0.125. The Morgan fingerprint density at radius 3 is 1.13 bits per heavy atom. The normalized spacial score (nSPS) is 11.1. The minimum atomic E-state index is 0.746. The maximum Gasteiger partial charge on any atom is 0.122 e. The van der Waals surface area contributed by atoms with E-state index in [-0.39, 0.29) is 0 Å². The van der Waals surface area contributed by atoms with Crippen LogP contribution >= 0.6 is 0 Å². The molecule has 3 heteroatoms. The van der Waals surface area contributed by atoms with Crippen molar-refractivity contribution >= 4 is 0 Å². The third-order valence-electron chi connectivity index (χ3n) is 7.51. The fourth-order valence-corrected chi connectivity index (χ4v) is 5.28. The Kier molecular flexibility index (Phi) is 20.3. The van der Waals surface area contributed by atoms with Gasteiger partial charge in [-0.25, -0.2) is 0 Å². The Hall–Kier alpha value is -2.00. The molecule has 0 spiro atoms. The molecule has 0 radical (unpaired) electrons. The maximum atomic E-state index is 5.87. The first kappa shape index (κ1) is 33.2. The van der Waals surface area contributed by atoms with Crippen LogP contribution in [0, 0.1) is 0 Å². The number of hydrogen-bond acceptors (Lipinski definition) is 3. The van der Waals surface area contributed by atoms with Crippen LogP contribution in [0.15, 0.2) is 48.5 Å². The van der Waals surface area contributed by atoms with E-state index in [9.17, 15) is 0 Å². The van der Waals surface area contributed by atoms with Gasteiger partial charge in [0.05, 0.1) is 13.2 Å². The summed E-state index contributed by atoms with van der Waals surface area (Å²) in [7, 11) is 0. The van der Waals surface area contributed by atoms with E-state index < -0.39 is 0 Å². The summed E-state index contributed by atoms with van der Waals surface area (Å²) in [4.78, 5) is 0. The molecule has 220 valence electrons. The number of unbranched alkanes of at least 4 members (excludes halogenated alkanes) is 14. The Labute approximate surface area is 241 Å². The van der Waals surface area contributed by atoms with Gasteiger partial charge in [-0.15, -0.1) is 0 Å². The van der Waals surface area contributed by atoms with E-state index in [2.05, 4.69) is 62.4 Å². The van der Waals surface area contributed by atoms with Crippen molar-refractivity contribution in [3.05, 3.63) is 59.7 Å². The summed E-state index contributed by atoms with van der Waals surface area (Å²) < 4.78 is 17.3. The van der Waals surface area contributed by atoms with Crippen LogP contribution in [0.2, 0.25) is 0 Å². The highest BCUT2D eigenvalue weighted by Gasteiger charge is 2.03. The molecule has 0 aromatic heterocycles. The third kappa shape index (κ3) is 16.6. The van der Waals surface area contributed by atoms with Gasteiger partial charge in [0.15, 0.2) is 0 Å². The van der Waals surface area contributed by atoms with Crippen LogP contribution in [0.3, 0.4) is 0 Å².